The van der Waals surface area contributed by atoms with E-state index in [-0.39, 0.29) is 30.2 Å². The number of fused-ring (bicyclic) bond motifs is 2. The summed E-state index contributed by atoms with van der Waals surface area (Å²) in [6.45, 7) is 3.29. The Morgan fingerprint density at radius 1 is 1.14 bits per heavy atom. The van der Waals surface area contributed by atoms with Gasteiger partial charge in [-0.3, -0.25) is 19.6 Å². The fourth-order valence-corrected chi connectivity index (χ4v) is 5.70. The molecule has 1 aliphatic heterocycles. The summed E-state index contributed by atoms with van der Waals surface area (Å²) in [5.74, 6) is 0.391. The minimum atomic E-state index is -0.807. The molecule has 0 saturated heterocycles. The van der Waals surface area contributed by atoms with E-state index < -0.39 is 5.97 Å². The van der Waals surface area contributed by atoms with Gasteiger partial charge >= 0.3 is 5.97 Å². The van der Waals surface area contributed by atoms with Crippen LogP contribution in [0, 0.1) is 5.92 Å². The number of carbonyl (C=O) groups excluding carboxylic acids is 1. The van der Waals surface area contributed by atoms with Gasteiger partial charge in [0, 0.05) is 44.1 Å². The molecule has 36 heavy (non-hydrogen) atoms. The van der Waals surface area contributed by atoms with Gasteiger partial charge in [0.15, 0.2) is 0 Å². The summed E-state index contributed by atoms with van der Waals surface area (Å²) in [5, 5.41) is 13.0. The first-order valence-electron chi connectivity index (χ1n) is 12.9. The minimum Gasteiger partial charge on any atom is -0.481 e. The molecule has 188 valence electrons. The molecule has 8 heteroatoms. The number of carbonyl (C=O) groups is 2. The molecule has 1 atom stereocenters. The molecule has 5 rings (SSSR count). The van der Waals surface area contributed by atoms with Crippen LogP contribution in [0.3, 0.4) is 0 Å². The van der Waals surface area contributed by atoms with Crippen LogP contribution in [-0.2, 0) is 22.4 Å². The lowest BCUT2D eigenvalue weighted by atomic mass is 9.68. The summed E-state index contributed by atoms with van der Waals surface area (Å²) >= 11 is 0. The van der Waals surface area contributed by atoms with Gasteiger partial charge < -0.3 is 15.3 Å². The van der Waals surface area contributed by atoms with Crippen molar-refractivity contribution in [2.24, 2.45) is 5.92 Å². The van der Waals surface area contributed by atoms with Crippen molar-refractivity contribution in [1.82, 2.24) is 19.9 Å². The summed E-state index contributed by atoms with van der Waals surface area (Å²) in [6.07, 6.45) is 8.91. The number of aromatic nitrogens is 3. The molecule has 0 radical (unpaired) electrons. The Balaban J connectivity index is 1.21. The van der Waals surface area contributed by atoms with Crippen LogP contribution in [0.1, 0.15) is 61.8 Å². The van der Waals surface area contributed by atoms with Crippen LogP contribution in [0.5, 0.6) is 0 Å². The molecule has 2 N–H and O–H groups in total. The van der Waals surface area contributed by atoms with E-state index in [1.165, 1.54) is 5.56 Å². The third-order valence-corrected chi connectivity index (χ3v) is 7.66. The average Bonchev–Trinajstić information content (AvgIpc) is 2.85. The maximum Gasteiger partial charge on any atom is 0.303 e. The summed E-state index contributed by atoms with van der Waals surface area (Å²) < 4.78 is 0. The number of aryl methyl sites for hydroxylation is 2. The topological polar surface area (TPSA) is 108 Å². The number of hydrogen-bond acceptors (Lipinski definition) is 6. The molecule has 8 nitrogen and oxygen atoms in total. The molecule has 1 aliphatic carbocycles. The van der Waals surface area contributed by atoms with Gasteiger partial charge in [-0.05, 0) is 79.7 Å². The van der Waals surface area contributed by atoms with E-state index in [1.807, 2.05) is 23.1 Å². The standard InChI is InChI=1S/C28H33N5O3/c1-18(34)33(13-3-5-22-8-6-19-4-2-10-31-28(19)32-22)23-14-21(15-23)24(17-27(35)36)20-7-9-25-26(16-20)30-12-11-29-25/h6-9,11-12,16,21,23-24H,2-5,10,13-15,17H2,1H3,(H,31,32)(H,35,36). The first kappa shape index (κ1) is 24.2. The van der Waals surface area contributed by atoms with Gasteiger partial charge in [-0.25, -0.2) is 4.98 Å². The van der Waals surface area contributed by atoms with Crippen molar-refractivity contribution in [2.45, 2.75) is 63.8 Å². The van der Waals surface area contributed by atoms with Crippen LogP contribution in [0.2, 0.25) is 0 Å². The second-order valence-electron chi connectivity index (χ2n) is 10.1. The van der Waals surface area contributed by atoms with E-state index in [4.69, 9.17) is 4.98 Å². The second kappa shape index (κ2) is 10.6. The Labute approximate surface area is 211 Å². The molecular formula is C28H33N5O3. The maximum atomic E-state index is 12.5. The number of benzene rings is 1. The third-order valence-electron chi connectivity index (χ3n) is 7.66. The number of nitrogens with one attached hydrogen (secondary N) is 1. The van der Waals surface area contributed by atoms with Gasteiger partial charge in [-0.15, -0.1) is 0 Å². The zero-order valence-electron chi connectivity index (χ0n) is 20.7. The van der Waals surface area contributed by atoms with Gasteiger partial charge in [0.1, 0.15) is 5.82 Å². The first-order chi connectivity index (χ1) is 17.5. The molecule has 2 aliphatic rings. The van der Waals surface area contributed by atoms with Gasteiger partial charge in [0.05, 0.1) is 17.5 Å². The van der Waals surface area contributed by atoms with Crippen molar-refractivity contribution < 1.29 is 14.7 Å². The van der Waals surface area contributed by atoms with Crippen LogP contribution in [0.25, 0.3) is 11.0 Å². The molecule has 1 unspecified atom stereocenters. The number of anilines is 1. The Hall–Kier alpha value is -3.55. The third kappa shape index (κ3) is 5.32. The summed E-state index contributed by atoms with van der Waals surface area (Å²) in [7, 11) is 0. The predicted octanol–water partition coefficient (Wildman–Crippen LogP) is 4.20. The molecule has 1 fully saturated rings. The van der Waals surface area contributed by atoms with Crippen molar-refractivity contribution in [3.63, 3.8) is 0 Å². The lowest BCUT2D eigenvalue weighted by molar-refractivity contribution is -0.139. The molecule has 3 aromatic rings. The molecule has 2 aromatic heterocycles. The highest BCUT2D eigenvalue weighted by Crippen LogP contribution is 2.44. The minimum absolute atomic E-state index is 0.0707. The fourth-order valence-electron chi connectivity index (χ4n) is 5.70. The number of rotatable bonds is 9. The molecule has 1 amide bonds. The normalized spacial score (nSPS) is 19.6. The maximum absolute atomic E-state index is 12.5. The molecule has 3 heterocycles. The zero-order chi connectivity index (χ0) is 25.1. The second-order valence-corrected chi connectivity index (χ2v) is 10.1. The molecule has 0 spiro atoms. The Morgan fingerprint density at radius 2 is 1.94 bits per heavy atom. The largest absolute Gasteiger partial charge is 0.481 e. The first-order valence-corrected chi connectivity index (χ1v) is 12.9. The molecular weight excluding hydrogens is 454 g/mol. The van der Waals surface area contributed by atoms with Crippen molar-refractivity contribution >= 4 is 28.7 Å². The predicted molar refractivity (Wildman–Crippen MR) is 138 cm³/mol. The number of carboxylic acids is 1. The van der Waals surface area contributed by atoms with E-state index in [2.05, 4.69) is 27.4 Å². The van der Waals surface area contributed by atoms with Crippen molar-refractivity contribution in [2.75, 3.05) is 18.4 Å². The van der Waals surface area contributed by atoms with Crippen LogP contribution in [0.15, 0.2) is 42.7 Å². The number of carboxylic acid groups (broad SMARTS) is 1. The van der Waals surface area contributed by atoms with Gasteiger partial charge in [-0.2, -0.15) is 0 Å². The van der Waals surface area contributed by atoms with Crippen molar-refractivity contribution in [3.8, 4) is 0 Å². The summed E-state index contributed by atoms with van der Waals surface area (Å²) in [6, 6.07) is 10.3. The molecule has 1 aromatic carbocycles. The summed E-state index contributed by atoms with van der Waals surface area (Å²) in [4.78, 5) is 39.6. The van der Waals surface area contributed by atoms with Gasteiger partial charge in [-0.1, -0.05) is 12.1 Å². The monoisotopic (exact) mass is 487 g/mol. The van der Waals surface area contributed by atoms with E-state index in [9.17, 15) is 14.7 Å². The van der Waals surface area contributed by atoms with E-state index >= 15 is 0 Å². The zero-order valence-corrected chi connectivity index (χ0v) is 20.7. The Morgan fingerprint density at radius 3 is 2.72 bits per heavy atom. The van der Waals surface area contributed by atoms with Crippen molar-refractivity contribution in [1.29, 1.82) is 0 Å². The Bertz CT molecular complexity index is 1260. The van der Waals surface area contributed by atoms with E-state index in [0.717, 1.165) is 73.2 Å². The molecule has 0 bridgehead atoms. The number of pyridine rings is 1. The van der Waals surface area contributed by atoms with Crippen LogP contribution in [0.4, 0.5) is 5.82 Å². The molecule has 1 saturated carbocycles. The van der Waals surface area contributed by atoms with E-state index in [1.54, 1.807) is 19.3 Å². The average molecular weight is 488 g/mol. The fraction of sp³-hybridized carbons (Fsp3) is 0.464. The Kier molecular flexibility index (Phi) is 7.11. The lowest BCUT2D eigenvalue weighted by Crippen LogP contribution is -2.49. The van der Waals surface area contributed by atoms with Gasteiger partial charge in [0.25, 0.3) is 0 Å². The highest BCUT2D eigenvalue weighted by atomic mass is 16.4. The SMILES string of the molecule is CC(=O)N(CCCc1ccc2c(n1)NCCC2)C1CC(C(CC(=O)O)c2ccc3nccnc3c2)C1. The number of aliphatic carboxylic acids is 1. The highest BCUT2D eigenvalue weighted by Gasteiger charge is 2.40. The van der Waals surface area contributed by atoms with Crippen LogP contribution in [-0.4, -0.2) is 56.0 Å². The smallest absolute Gasteiger partial charge is 0.303 e. The summed E-state index contributed by atoms with van der Waals surface area (Å²) in [5.41, 5.74) is 4.89. The van der Waals surface area contributed by atoms with Crippen LogP contribution >= 0.6 is 0 Å². The van der Waals surface area contributed by atoms with E-state index in [0.29, 0.717) is 6.54 Å². The number of amides is 1. The lowest BCUT2D eigenvalue weighted by Gasteiger charge is -2.46. The quantitative estimate of drug-likeness (QED) is 0.466. The van der Waals surface area contributed by atoms with Crippen molar-refractivity contribution in [3.05, 3.63) is 59.5 Å². The van der Waals surface area contributed by atoms with Crippen LogP contribution < -0.4 is 5.32 Å². The number of hydrogen-bond donors (Lipinski definition) is 2. The highest BCUT2D eigenvalue weighted by molar-refractivity contribution is 5.75. The van der Waals surface area contributed by atoms with Gasteiger partial charge in [0.2, 0.25) is 5.91 Å². The number of nitrogens with zero attached hydrogens (tertiary/aromatic N) is 4.